The van der Waals surface area contributed by atoms with Crippen LogP contribution in [0.5, 0.6) is 0 Å². The fourth-order valence-electron chi connectivity index (χ4n) is 1.16. The minimum atomic E-state index is -0.110. The molecule has 0 fully saturated rings. The molecule has 17 heavy (non-hydrogen) atoms. The third-order valence-electron chi connectivity index (χ3n) is 1.84. The highest BCUT2D eigenvalue weighted by Crippen LogP contribution is 2.09. The number of furan rings is 1. The van der Waals surface area contributed by atoms with Gasteiger partial charge < -0.3 is 15.1 Å². The molecule has 2 aromatic heterocycles. The van der Waals surface area contributed by atoms with E-state index in [0.717, 1.165) is 5.76 Å². The fraction of sp³-hybridized carbons (Fsp3) is 0.200. The van der Waals surface area contributed by atoms with Gasteiger partial charge in [-0.25, -0.2) is 4.98 Å². The number of rotatable bonds is 5. The third-order valence-corrected chi connectivity index (χ3v) is 2.53. The van der Waals surface area contributed by atoms with Crippen LogP contribution >= 0.6 is 23.7 Å². The van der Waals surface area contributed by atoms with E-state index in [1.807, 2.05) is 17.5 Å². The van der Waals surface area contributed by atoms with E-state index in [1.165, 1.54) is 11.3 Å². The monoisotopic (exact) mass is 273 g/mol. The first kappa shape index (κ1) is 13.7. The van der Waals surface area contributed by atoms with Gasteiger partial charge in [0.2, 0.25) is 5.91 Å². The van der Waals surface area contributed by atoms with Crippen molar-refractivity contribution in [3.63, 3.8) is 0 Å². The molecular weight excluding hydrogens is 262 g/mol. The molecule has 2 aromatic rings. The summed E-state index contributed by atoms with van der Waals surface area (Å²) in [5, 5.41) is 8.08. The normalized spacial score (nSPS) is 9.65. The first-order valence-corrected chi connectivity index (χ1v) is 5.65. The second-order valence-corrected chi connectivity index (χ2v) is 3.96. The quantitative estimate of drug-likeness (QED) is 0.873. The minimum absolute atomic E-state index is 0. The number of halogens is 1. The van der Waals surface area contributed by atoms with E-state index in [4.69, 9.17) is 4.42 Å². The van der Waals surface area contributed by atoms with Gasteiger partial charge in [0.25, 0.3) is 0 Å². The number of amides is 1. The lowest BCUT2D eigenvalue weighted by atomic mass is 10.4. The Morgan fingerprint density at radius 2 is 2.41 bits per heavy atom. The van der Waals surface area contributed by atoms with Crippen molar-refractivity contribution in [1.29, 1.82) is 0 Å². The zero-order valence-electron chi connectivity index (χ0n) is 8.88. The Balaban J connectivity index is 0.00000144. The predicted molar refractivity (Wildman–Crippen MR) is 68.4 cm³/mol. The Morgan fingerprint density at radius 1 is 1.53 bits per heavy atom. The first-order valence-electron chi connectivity index (χ1n) is 4.77. The lowest BCUT2D eigenvalue weighted by Gasteiger charge is -2.02. The number of hydrogen-bond acceptors (Lipinski definition) is 5. The number of thiazole rings is 1. The van der Waals surface area contributed by atoms with Gasteiger partial charge in [0, 0.05) is 11.6 Å². The minimum Gasteiger partial charge on any atom is -0.468 e. The molecule has 0 aliphatic rings. The van der Waals surface area contributed by atoms with Crippen LogP contribution in [0.1, 0.15) is 5.76 Å². The van der Waals surface area contributed by atoms with Crippen LogP contribution in [-0.2, 0) is 11.3 Å². The summed E-state index contributed by atoms with van der Waals surface area (Å²) >= 11 is 1.39. The Labute approximate surface area is 109 Å². The number of anilines is 1. The lowest BCUT2D eigenvalue weighted by molar-refractivity contribution is -0.115. The summed E-state index contributed by atoms with van der Waals surface area (Å²) in [4.78, 5) is 15.4. The van der Waals surface area contributed by atoms with E-state index in [0.29, 0.717) is 11.7 Å². The summed E-state index contributed by atoms with van der Waals surface area (Å²) in [6, 6.07) is 3.67. The van der Waals surface area contributed by atoms with Gasteiger partial charge in [-0.3, -0.25) is 4.79 Å². The number of nitrogens with one attached hydrogen (secondary N) is 2. The Bertz CT molecular complexity index is 430. The molecular formula is C10H12ClN3O2S. The maximum Gasteiger partial charge on any atom is 0.240 e. The number of aromatic nitrogens is 1. The average Bonchev–Trinajstić information content (AvgIpc) is 2.90. The van der Waals surface area contributed by atoms with Gasteiger partial charge in [0.05, 0.1) is 19.4 Å². The molecule has 0 aliphatic heterocycles. The zero-order chi connectivity index (χ0) is 11.2. The van der Waals surface area contributed by atoms with Gasteiger partial charge in [-0.1, -0.05) is 0 Å². The number of carbonyl (C=O) groups excluding carboxylic acids is 1. The molecule has 0 saturated carbocycles. The van der Waals surface area contributed by atoms with Crippen molar-refractivity contribution >= 4 is 34.8 Å². The van der Waals surface area contributed by atoms with E-state index in [-0.39, 0.29) is 24.9 Å². The topological polar surface area (TPSA) is 67.2 Å². The summed E-state index contributed by atoms with van der Waals surface area (Å²) in [5.41, 5.74) is 0. The van der Waals surface area contributed by atoms with Crippen molar-refractivity contribution in [2.45, 2.75) is 6.54 Å². The lowest BCUT2D eigenvalue weighted by Crippen LogP contribution is -2.27. The molecule has 0 aliphatic carbocycles. The molecule has 2 rings (SSSR count). The van der Waals surface area contributed by atoms with Crippen molar-refractivity contribution in [2.75, 3.05) is 11.9 Å². The van der Waals surface area contributed by atoms with E-state index in [2.05, 4.69) is 15.6 Å². The number of carbonyl (C=O) groups is 1. The molecule has 5 nitrogen and oxygen atoms in total. The molecule has 2 N–H and O–H groups in total. The van der Waals surface area contributed by atoms with Crippen LogP contribution in [0.2, 0.25) is 0 Å². The number of hydrogen-bond donors (Lipinski definition) is 2. The molecule has 1 amide bonds. The molecule has 0 saturated heterocycles. The molecule has 0 radical (unpaired) electrons. The van der Waals surface area contributed by atoms with Crippen LogP contribution in [0.25, 0.3) is 0 Å². The van der Waals surface area contributed by atoms with Gasteiger partial charge in [-0.05, 0) is 12.1 Å². The Hall–Kier alpha value is -1.37. The van der Waals surface area contributed by atoms with Gasteiger partial charge in [0.15, 0.2) is 5.13 Å². The van der Waals surface area contributed by atoms with E-state index < -0.39 is 0 Å². The van der Waals surface area contributed by atoms with Crippen LogP contribution in [0, 0.1) is 0 Å². The largest absolute Gasteiger partial charge is 0.468 e. The fourth-order valence-corrected chi connectivity index (χ4v) is 1.71. The molecule has 7 heteroatoms. The maximum absolute atomic E-state index is 11.4. The van der Waals surface area contributed by atoms with E-state index >= 15 is 0 Å². The van der Waals surface area contributed by atoms with Crippen molar-refractivity contribution in [2.24, 2.45) is 0 Å². The summed E-state index contributed by atoms with van der Waals surface area (Å²) in [5.74, 6) is 0.698. The smallest absolute Gasteiger partial charge is 0.240 e. The van der Waals surface area contributed by atoms with E-state index in [9.17, 15) is 4.79 Å². The zero-order valence-corrected chi connectivity index (χ0v) is 10.5. The van der Waals surface area contributed by atoms with Gasteiger partial charge in [-0.15, -0.1) is 23.7 Å². The molecule has 0 aromatic carbocycles. The highest BCUT2D eigenvalue weighted by atomic mass is 35.5. The van der Waals surface area contributed by atoms with Crippen molar-refractivity contribution in [1.82, 2.24) is 10.3 Å². The SMILES string of the molecule is Cl.O=C(CNCc1ccco1)Nc1nccs1. The maximum atomic E-state index is 11.4. The third kappa shape index (κ3) is 4.56. The van der Waals surface area contributed by atoms with Gasteiger partial charge >= 0.3 is 0 Å². The first-order chi connectivity index (χ1) is 7.84. The van der Waals surface area contributed by atoms with Crippen LogP contribution in [-0.4, -0.2) is 17.4 Å². The molecule has 2 heterocycles. The average molecular weight is 274 g/mol. The summed E-state index contributed by atoms with van der Waals surface area (Å²) in [6.07, 6.45) is 3.25. The summed E-state index contributed by atoms with van der Waals surface area (Å²) in [7, 11) is 0. The van der Waals surface area contributed by atoms with E-state index in [1.54, 1.807) is 12.5 Å². The standard InChI is InChI=1S/C10H11N3O2S.ClH/c14-9(13-10-12-3-5-16-10)7-11-6-8-2-1-4-15-8;/h1-5,11H,6-7H2,(H,12,13,14);1H. The highest BCUT2D eigenvalue weighted by Gasteiger charge is 2.03. The highest BCUT2D eigenvalue weighted by molar-refractivity contribution is 7.13. The molecule has 0 bridgehead atoms. The molecule has 0 unspecified atom stereocenters. The Morgan fingerprint density at radius 3 is 3.06 bits per heavy atom. The summed E-state index contributed by atoms with van der Waals surface area (Å²) in [6.45, 7) is 0.776. The second kappa shape index (κ2) is 7.05. The summed E-state index contributed by atoms with van der Waals surface area (Å²) < 4.78 is 5.12. The number of nitrogens with zero attached hydrogens (tertiary/aromatic N) is 1. The van der Waals surface area contributed by atoms with Crippen LogP contribution in [0.3, 0.4) is 0 Å². The second-order valence-electron chi connectivity index (χ2n) is 3.07. The van der Waals surface area contributed by atoms with Crippen molar-refractivity contribution in [3.05, 3.63) is 35.7 Å². The van der Waals surface area contributed by atoms with Crippen molar-refractivity contribution < 1.29 is 9.21 Å². The van der Waals surface area contributed by atoms with Crippen molar-refractivity contribution in [3.8, 4) is 0 Å². The van der Waals surface area contributed by atoms with Crippen LogP contribution in [0.4, 0.5) is 5.13 Å². The van der Waals surface area contributed by atoms with Crippen LogP contribution in [0.15, 0.2) is 34.4 Å². The molecule has 0 spiro atoms. The predicted octanol–water partition coefficient (Wildman–Crippen LogP) is 1.89. The van der Waals surface area contributed by atoms with Crippen LogP contribution < -0.4 is 10.6 Å². The Kier molecular flexibility index (Phi) is 5.68. The van der Waals surface area contributed by atoms with Gasteiger partial charge in [-0.2, -0.15) is 0 Å². The molecule has 92 valence electrons. The molecule has 0 atom stereocenters. The van der Waals surface area contributed by atoms with Gasteiger partial charge in [0.1, 0.15) is 5.76 Å².